The van der Waals surface area contributed by atoms with Gasteiger partial charge in [-0.05, 0) is 42.2 Å². The molecule has 1 aliphatic rings. The van der Waals surface area contributed by atoms with Crippen LogP contribution in [-0.2, 0) is 15.8 Å². The predicted octanol–water partition coefficient (Wildman–Crippen LogP) is 3.57. The Labute approximate surface area is 158 Å². The molecule has 1 fully saturated rings. The molecule has 0 spiro atoms. The zero-order valence-corrected chi connectivity index (χ0v) is 17.9. The van der Waals surface area contributed by atoms with Crippen LogP contribution in [0.2, 0.25) is 18.1 Å². The zero-order chi connectivity index (χ0) is 19.5. The summed E-state index contributed by atoms with van der Waals surface area (Å²) < 4.78 is 11.3. The van der Waals surface area contributed by atoms with E-state index in [1.165, 1.54) is 0 Å². The topological polar surface area (TPSA) is 59.0 Å². The molecule has 146 valence electrons. The van der Waals surface area contributed by atoms with Crippen molar-refractivity contribution in [3.63, 3.8) is 0 Å². The van der Waals surface area contributed by atoms with E-state index in [-0.39, 0.29) is 17.0 Å². The zero-order valence-electron chi connectivity index (χ0n) is 16.9. The number of likely N-dealkylation sites (tertiary alicyclic amines) is 1. The first-order valence-corrected chi connectivity index (χ1v) is 12.2. The van der Waals surface area contributed by atoms with Crippen LogP contribution >= 0.6 is 0 Å². The summed E-state index contributed by atoms with van der Waals surface area (Å²) >= 11 is 0. The predicted molar refractivity (Wildman–Crippen MR) is 106 cm³/mol. The van der Waals surface area contributed by atoms with Crippen molar-refractivity contribution in [2.24, 2.45) is 0 Å². The molecule has 1 aliphatic heterocycles. The van der Waals surface area contributed by atoms with Gasteiger partial charge in [0.15, 0.2) is 8.32 Å². The standard InChI is InChI=1S/C20H33NO4Si/c1-20(2,3)26(5,6)25-14-17(22)11-16-12-19(23)21(16)13-15-7-9-18(24-4)10-8-15/h7-10,16-17,22H,11-14H2,1-6H3/t16-,17+/m1/s1. The van der Waals surface area contributed by atoms with Crippen LogP contribution < -0.4 is 4.74 Å². The summed E-state index contributed by atoms with van der Waals surface area (Å²) in [6.07, 6.45) is 0.532. The van der Waals surface area contributed by atoms with Gasteiger partial charge in [0.1, 0.15) is 5.75 Å². The molecular formula is C20H33NO4Si. The van der Waals surface area contributed by atoms with Crippen LogP contribution in [0.5, 0.6) is 5.75 Å². The van der Waals surface area contributed by atoms with Crippen molar-refractivity contribution in [1.82, 2.24) is 4.90 Å². The van der Waals surface area contributed by atoms with Gasteiger partial charge in [0.25, 0.3) is 0 Å². The van der Waals surface area contributed by atoms with Gasteiger partial charge in [0, 0.05) is 19.0 Å². The maximum absolute atomic E-state index is 12.0. The van der Waals surface area contributed by atoms with Crippen LogP contribution in [0, 0.1) is 0 Å². The fourth-order valence-corrected chi connectivity index (χ4v) is 3.82. The van der Waals surface area contributed by atoms with E-state index in [2.05, 4.69) is 33.9 Å². The summed E-state index contributed by atoms with van der Waals surface area (Å²) in [5, 5.41) is 10.5. The van der Waals surface area contributed by atoms with Gasteiger partial charge in [0.05, 0.1) is 19.8 Å². The number of β-lactam (4-membered cyclic amide) rings is 1. The van der Waals surface area contributed by atoms with E-state index in [0.29, 0.717) is 26.0 Å². The van der Waals surface area contributed by atoms with Gasteiger partial charge in [-0.2, -0.15) is 0 Å². The maximum atomic E-state index is 12.0. The van der Waals surface area contributed by atoms with E-state index in [9.17, 15) is 9.90 Å². The minimum Gasteiger partial charge on any atom is -0.497 e. The number of aliphatic hydroxyl groups is 1. The lowest BCUT2D eigenvalue weighted by Gasteiger charge is -2.42. The molecule has 2 rings (SSSR count). The maximum Gasteiger partial charge on any atom is 0.225 e. The molecule has 1 aromatic carbocycles. The molecule has 1 N–H and O–H groups in total. The Hall–Kier alpha value is -1.37. The second-order valence-corrected chi connectivity index (χ2v) is 13.5. The quantitative estimate of drug-likeness (QED) is 0.554. The molecule has 26 heavy (non-hydrogen) atoms. The second-order valence-electron chi connectivity index (χ2n) is 8.69. The number of hydrogen-bond donors (Lipinski definition) is 1. The summed E-state index contributed by atoms with van der Waals surface area (Å²) in [4.78, 5) is 13.8. The summed E-state index contributed by atoms with van der Waals surface area (Å²) in [6, 6.07) is 7.83. The number of carbonyl (C=O) groups excluding carboxylic acids is 1. The van der Waals surface area contributed by atoms with Crippen molar-refractivity contribution >= 4 is 14.2 Å². The molecule has 0 radical (unpaired) electrons. The van der Waals surface area contributed by atoms with Crippen molar-refractivity contribution in [1.29, 1.82) is 0 Å². The Balaban J connectivity index is 1.85. The van der Waals surface area contributed by atoms with Gasteiger partial charge >= 0.3 is 0 Å². The SMILES string of the molecule is COc1ccc(CN2C(=O)C[C@H]2C[C@H](O)CO[Si](C)(C)C(C)(C)C)cc1. The average molecular weight is 380 g/mol. The van der Waals surface area contributed by atoms with Crippen LogP contribution in [-0.4, -0.2) is 50.1 Å². The molecule has 0 aromatic heterocycles. The van der Waals surface area contributed by atoms with Crippen LogP contribution in [0.4, 0.5) is 0 Å². The van der Waals surface area contributed by atoms with Crippen LogP contribution in [0.3, 0.4) is 0 Å². The number of ether oxygens (including phenoxy) is 1. The first-order chi connectivity index (χ1) is 12.0. The highest BCUT2D eigenvalue weighted by atomic mass is 28.4. The molecule has 0 aliphatic carbocycles. The summed E-state index contributed by atoms with van der Waals surface area (Å²) in [6.45, 7) is 11.8. The lowest BCUT2D eigenvalue weighted by molar-refractivity contribution is -0.148. The number of methoxy groups -OCH3 is 1. The van der Waals surface area contributed by atoms with Gasteiger partial charge in [0.2, 0.25) is 5.91 Å². The van der Waals surface area contributed by atoms with Crippen molar-refractivity contribution in [3.8, 4) is 5.75 Å². The fourth-order valence-electron chi connectivity index (χ4n) is 2.78. The van der Waals surface area contributed by atoms with Crippen molar-refractivity contribution in [2.75, 3.05) is 13.7 Å². The molecule has 0 saturated carbocycles. The Morgan fingerprint density at radius 3 is 2.38 bits per heavy atom. The molecule has 0 unspecified atom stereocenters. The number of amides is 1. The fraction of sp³-hybridized carbons (Fsp3) is 0.650. The van der Waals surface area contributed by atoms with E-state index in [0.717, 1.165) is 11.3 Å². The minimum absolute atomic E-state index is 0.0858. The lowest BCUT2D eigenvalue weighted by atomic mass is 9.95. The molecule has 1 amide bonds. The highest BCUT2D eigenvalue weighted by Gasteiger charge is 2.39. The average Bonchev–Trinajstić information content (AvgIpc) is 2.57. The number of benzene rings is 1. The van der Waals surface area contributed by atoms with E-state index in [4.69, 9.17) is 9.16 Å². The number of rotatable bonds is 8. The van der Waals surface area contributed by atoms with Gasteiger partial charge in [-0.25, -0.2) is 0 Å². The minimum atomic E-state index is -1.86. The first kappa shape index (κ1) is 20.9. The third-order valence-corrected chi connectivity index (χ3v) is 10.2. The molecule has 1 saturated heterocycles. The lowest BCUT2D eigenvalue weighted by Crippen LogP contribution is -2.53. The molecular weight excluding hydrogens is 346 g/mol. The van der Waals surface area contributed by atoms with Gasteiger partial charge in [-0.3, -0.25) is 4.79 Å². The van der Waals surface area contributed by atoms with E-state index >= 15 is 0 Å². The highest BCUT2D eigenvalue weighted by molar-refractivity contribution is 6.74. The van der Waals surface area contributed by atoms with Crippen LogP contribution in [0.1, 0.15) is 39.2 Å². The van der Waals surface area contributed by atoms with E-state index < -0.39 is 14.4 Å². The van der Waals surface area contributed by atoms with Crippen molar-refractivity contribution in [2.45, 2.75) is 70.4 Å². The molecule has 6 heteroatoms. The van der Waals surface area contributed by atoms with Crippen LogP contribution in [0.15, 0.2) is 24.3 Å². The monoisotopic (exact) mass is 379 g/mol. The molecule has 1 heterocycles. The number of carbonyl (C=O) groups is 1. The van der Waals surface area contributed by atoms with Crippen molar-refractivity contribution < 1.29 is 19.1 Å². The second kappa shape index (κ2) is 8.11. The van der Waals surface area contributed by atoms with E-state index in [1.807, 2.05) is 29.2 Å². The van der Waals surface area contributed by atoms with Gasteiger partial charge in [-0.15, -0.1) is 0 Å². The Morgan fingerprint density at radius 1 is 1.27 bits per heavy atom. The summed E-state index contributed by atoms with van der Waals surface area (Å²) in [5.74, 6) is 0.946. The Morgan fingerprint density at radius 2 is 1.88 bits per heavy atom. The van der Waals surface area contributed by atoms with Gasteiger partial charge in [-0.1, -0.05) is 32.9 Å². The Kier molecular flexibility index (Phi) is 6.53. The van der Waals surface area contributed by atoms with Crippen LogP contribution in [0.25, 0.3) is 0 Å². The van der Waals surface area contributed by atoms with Crippen molar-refractivity contribution in [3.05, 3.63) is 29.8 Å². The normalized spacial score (nSPS) is 19.3. The molecule has 2 atom stereocenters. The van der Waals surface area contributed by atoms with Gasteiger partial charge < -0.3 is 19.2 Å². The smallest absolute Gasteiger partial charge is 0.225 e. The highest BCUT2D eigenvalue weighted by Crippen LogP contribution is 2.36. The Bertz CT molecular complexity index is 609. The first-order valence-electron chi connectivity index (χ1n) is 9.28. The third kappa shape index (κ3) is 5.08. The number of aliphatic hydroxyl groups excluding tert-OH is 1. The third-order valence-electron chi connectivity index (χ3n) is 5.67. The molecule has 0 bridgehead atoms. The largest absolute Gasteiger partial charge is 0.497 e. The van der Waals surface area contributed by atoms with E-state index in [1.54, 1.807) is 7.11 Å². The summed E-state index contributed by atoms with van der Waals surface area (Å²) in [5.41, 5.74) is 1.07. The summed E-state index contributed by atoms with van der Waals surface area (Å²) in [7, 11) is -0.228. The molecule has 5 nitrogen and oxygen atoms in total. The number of hydrogen-bond acceptors (Lipinski definition) is 4. The molecule has 1 aromatic rings. The number of nitrogens with zero attached hydrogens (tertiary/aromatic N) is 1.